The minimum atomic E-state index is -0.471. The van der Waals surface area contributed by atoms with Gasteiger partial charge in [0, 0.05) is 24.4 Å². The van der Waals surface area contributed by atoms with E-state index in [0.717, 1.165) is 0 Å². The Balaban J connectivity index is 1.77. The van der Waals surface area contributed by atoms with Crippen LogP contribution in [-0.2, 0) is 0 Å². The van der Waals surface area contributed by atoms with Gasteiger partial charge in [-0.3, -0.25) is 20.1 Å². The third-order valence-electron chi connectivity index (χ3n) is 3.13. The summed E-state index contributed by atoms with van der Waals surface area (Å²) in [5.41, 5.74) is 1.38. The van der Waals surface area contributed by atoms with E-state index in [9.17, 15) is 15.2 Å². The van der Waals surface area contributed by atoms with Crippen molar-refractivity contribution in [2.24, 2.45) is 4.99 Å². The van der Waals surface area contributed by atoms with Gasteiger partial charge in [-0.25, -0.2) is 4.98 Å². The summed E-state index contributed by atoms with van der Waals surface area (Å²) in [6.07, 6.45) is 7.65. The van der Waals surface area contributed by atoms with E-state index in [2.05, 4.69) is 15.0 Å². The first-order valence-corrected chi connectivity index (χ1v) is 7.18. The molecular weight excluding hydrogens is 324 g/mol. The summed E-state index contributed by atoms with van der Waals surface area (Å²) in [7, 11) is 0. The van der Waals surface area contributed by atoms with Crippen LogP contribution in [0.25, 0.3) is 12.2 Å². The molecule has 0 aliphatic rings. The van der Waals surface area contributed by atoms with E-state index < -0.39 is 4.92 Å². The van der Waals surface area contributed by atoms with Crippen LogP contribution in [0, 0.1) is 10.1 Å². The predicted octanol–water partition coefficient (Wildman–Crippen LogP) is 3.60. The van der Waals surface area contributed by atoms with Crippen LogP contribution in [0.1, 0.15) is 17.1 Å². The molecule has 0 saturated heterocycles. The van der Waals surface area contributed by atoms with Crippen molar-refractivity contribution in [2.75, 3.05) is 0 Å². The van der Waals surface area contributed by atoms with Gasteiger partial charge in [0.2, 0.25) is 5.89 Å². The smallest absolute Gasteiger partial charge is 0.312 e. The van der Waals surface area contributed by atoms with Crippen LogP contribution >= 0.6 is 0 Å². The van der Waals surface area contributed by atoms with Crippen molar-refractivity contribution in [3.05, 3.63) is 76.1 Å². The molecule has 0 fully saturated rings. The SMILES string of the molecule is O=[N+]([O-])c1cccc(/C=C/c2nc(C=Nc3cccnc3)c(O)o2)c1. The normalized spacial score (nSPS) is 11.4. The molecule has 0 bridgehead atoms. The third kappa shape index (κ3) is 4.14. The number of aliphatic imine (C=N–C) groups is 1. The summed E-state index contributed by atoms with van der Waals surface area (Å²) in [5, 5.41) is 20.5. The highest BCUT2D eigenvalue weighted by molar-refractivity contribution is 5.82. The molecule has 0 aliphatic carbocycles. The molecule has 8 nitrogen and oxygen atoms in total. The van der Waals surface area contributed by atoms with E-state index >= 15 is 0 Å². The molecule has 2 heterocycles. The van der Waals surface area contributed by atoms with Gasteiger partial charge in [0.15, 0.2) is 5.69 Å². The van der Waals surface area contributed by atoms with Crippen molar-refractivity contribution in [3.63, 3.8) is 0 Å². The number of oxazole rings is 1. The van der Waals surface area contributed by atoms with Gasteiger partial charge in [-0.05, 0) is 23.8 Å². The summed E-state index contributed by atoms with van der Waals surface area (Å²) >= 11 is 0. The Hall–Kier alpha value is -3.81. The van der Waals surface area contributed by atoms with Gasteiger partial charge >= 0.3 is 5.95 Å². The highest BCUT2D eigenvalue weighted by Gasteiger charge is 2.09. The van der Waals surface area contributed by atoms with Gasteiger partial charge in [-0.1, -0.05) is 12.1 Å². The van der Waals surface area contributed by atoms with Gasteiger partial charge in [0.1, 0.15) is 0 Å². The van der Waals surface area contributed by atoms with Crippen LogP contribution < -0.4 is 0 Å². The molecule has 0 atom stereocenters. The molecule has 124 valence electrons. The molecule has 0 spiro atoms. The van der Waals surface area contributed by atoms with Crippen molar-refractivity contribution in [3.8, 4) is 5.95 Å². The van der Waals surface area contributed by atoms with E-state index in [-0.39, 0.29) is 23.2 Å². The number of rotatable bonds is 5. The van der Waals surface area contributed by atoms with Crippen molar-refractivity contribution in [2.45, 2.75) is 0 Å². The summed E-state index contributed by atoms with van der Waals surface area (Å²) in [5.74, 6) is -0.219. The Morgan fingerprint density at radius 3 is 2.88 bits per heavy atom. The molecule has 3 aromatic rings. The summed E-state index contributed by atoms with van der Waals surface area (Å²) in [6, 6.07) is 9.60. The lowest BCUT2D eigenvalue weighted by atomic mass is 10.2. The Labute approximate surface area is 142 Å². The summed E-state index contributed by atoms with van der Waals surface area (Å²) in [6.45, 7) is 0. The first-order chi connectivity index (χ1) is 12.1. The molecular formula is C17H12N4O4. The van der Waals surface area contributed by atoms with Gasteiger partial charge < -0.3 is 9.52 Å². The van der Waals surface area contributed by atoms with E-state index in [1.807, 2.05) is 0 Å². The number of benzene rings is 1. The highest BCUT2D eigenvalue weighted by atomic mass is 16.6. The maximum absolute atomic E-state index is 10.8. The van der Waals surface area contributed by atoms with Gasteiger partial charge in [0.05, 0.1) is 23.0 Å². The van der Waals surface area contributed by atoms with Crippen LogP contribution in [0.4, 0.5) is 11.4 Å². The fourth-order valence-corrected chi connectivity index (χ4v) is 1.97. The lowest BCUT2D eigenvalue weighted by Crippen LogP contribution is -1.87. The second-order valence-corrected chi connectivity index (χ2v) is 4.90. The minimum absolute atomic E-state index is 0.0123. The van der Waals surface area contributed by atoms with Crippen LogP contribution in [0.3, 0.4) is 0 Å². The van der Waals surface area contributed by atoms with Crippen LogP contribution in [0.15, 0.2) is 58.2 Å². The van der Waals surface area contributed by atoms with Crippen molar-refractivity contribution >= 4 is 29.7 Å². The quantitative estimate of drug-likeness (QED) is 0.432. The average molecular weight is 336 g/mol. The zero-order valence-corrected chi connectivity index (χ0v) is 12.8. The fourth-order valence-electron chi connectivity index (χ4n) is 1.97. The maximum Gasteiger partial charge on any atom is 0.312 e. The fraction of sp³-hybridized carbons (Fsp3) is 0. The van der Waals surface area contributed by atoms with Crippen LogP contribution in [-0.4, -0.2) is 26.2 Å². The number of nitro groups is 1. The number of hydrogen-bond donors (Lipinski definition) is 1. The van der Waals surface area contributed by atoms with Gasteiger partial charge in [0.25, 0.3) is 5.69 Å². The zero-order chi connectivity index (χ0) is 17.6. The summed E-state index contributed by atoms with van der Waals surface area (Å²) in [4.78, 5) is 22.4. The molecule has 25 heavy (non-hydrogen) atoms. The molecule has 1 aromatic carbocycles. The third-order valence-corrected chi connectivity index (χ3v) is 3.13. The molecule has 0 aliphatic heterocycles. The van der Waals surface area contributed by atoms with E-state index in [0.29, 0.717) is 11.3 Å². The number of aromatic nitrogens is 2. The number of hydrogen-bond acceptors (Lipinski definition) is 7. The van der Waals surface area contributed by atoms with Crippen LogP contribution in [0.2, 0.25) is 0 Å². The Morgan fingerprint density at radius 2 is 2.12 bits per heavy atom. The first kappa shape index (κ1) is 16.1. The van der Waals surface area contributed by atoms with Crippen molar-refractivity contribution in [1.82, 2.24) is 9.97 Å². The molecule has 3 rings (SSSR count). The molecule has 0 amide bonds. The highest BCUT2D eigenvalue weighted by Crippen LogP contribution is 2.20. The molecule has 1 N–H and O–H groups in total. The second-order valence-electron chi connectivity index (χ2n) is 4.90. The van der Waals surface area contributed by atoms with E-state index in [1.165, 1.54) is 24.4 Å². The minimum Gasteiger partial charge on any atom is -0.479 e. The maximum atomic E-state index is 10.8. The number of aromatic hydroxyl groups is 1. The number of nitrogens with zero attached hydrogens (tertiary/aromatic N) is 4. The Bertz CT molecular complexity index is 948. The van der Waals surface area contributed by atoms with Gasteiger partial charge in [-0.15, -0.1) is 0 Å². The van der Waals surface area contributed by atoms with Crippen LogP contribution in [0.5, 0.6) is 5.95 Å². The van der Waals surface area contributed by atoms with Gasteiger partial charge in [-0.2, -0.15) is 0 Å². The number of pyridine rings is 1. The molecule has 8 heteroatoms. The van der Waals surface area contributed by atoms with E-state index in [4.69, 9.17) is 4.42 Å². The Morgan fingerprint density at radius 1 is 1.24 bits per heavy atom. The largest absolute Gasteiger partial charge is 0.479 e. The van der Waals surface area contributed by atoms with E-state index in [1.54, 1.807) is 42.7 Å². The topological polar surface area (TPSA) is 115 Å². The first-order valence-electron chi connectivity index (χ1n) is 7.18. The molecule has 0 radical (unpaired) electrons. The average Bonchev–Trinajstić information content (AvgIpc) is 2.99. The standard InChI is InChI=1S/C17H12N4O4/c22-17-15(11-19-13-4-2-8-18-10-13)20-16(25-17)7-6-12-3-1-5-14(9-12)21(23)24/h1-11,22H/b7-6+,19-11?. The number of non-ortho nitro benzene ring substituents is 1. The lowest BCUT2D eigenvalue weighted by molar-refractivity contribution is -0.384. The summed E-state index contributed by atoms with van der Waals surface area (Å²) < 4.78 is 5.12. The molecule has 0 unspecified atom stereocenters. The monoisotopic (exact) mass is 336 g/mol. The molecule has 0 saturated carbocycles. The van der Waals surface area contributed by atoms with Crippen molar-refractivity contribution in [1.29, 1.82) is 0 Å². The Kier molecular flexibility index (Phi) is 4.61. The lowest BCUT2D eigenvalue weighted by Gasteiger charge is -1.93. The number of nitro benzene ring substituents is 1. The van der Waals surface area contributed by atoms with Crippen molar-refractivity contribution < 1.29 is 14.4 Å². The molecule has 2 aromatic heterocycles. The predicted molar refractivity (Wildman–Crippen MR) is 91.7 cm³/mol. The second kappa shape index (κ2) is 7.18. The zero-order valence-electron chi connectivity index (χ0n) is 12.8.